The monoisotopic (exact) mass is 185 g/mol. The van der Waals surface area contributed by atoms with Gasteiger partial charge in [0.15, 0.2) is 0 Å². The second-order valence-corrected chi connectivity index (χ2v) is 4.96. The van der Waals surface area contributed by atoms with Crippen LogP contribution in [0.2, 0.25) is 0 Å². The molecule has 0 aromatic rings. The van der Waals surface area contributed by atoms with Crippen molar-refractivity contribution in [1.82, 2.24) is 4.90 Å². The second-order valence-electron chi connectivity index (χ2n) is 4.96. The van der Waals surface area contributed by atoms with Gasteiger partial charge in [-0.2, -0.15) is 0 Å². The fourth-order valence-corrected chi connectivity index (χ4v) is 2.62. The van der Waals surface area contributed by atoms with Gasteiger partial charge in [0.25, 0.3) is 0 Å². The first-order chi connectivity index (χ1) is 6.00. The summed E-state index contributed by atoms with van der Waals surface area (Å²) >= 11 is 0. The lowest BCUT2D eigenvalue weighted by Crippen LogP contribution is -2.56. The fraction of sp³-hybridized carbons (Fsp3) is 1.00. The molecule has 78 valence electrons. The highest BCUT2D eigenvalue weighted by Gasteiger charge is 2.38. The molecule has 0 aliphatic carbocycles. The van der Waals surface area contributed by atoms with Gasteiger partial charge in [0.05, 0.1) is 0 Å². The number of aliphatic hydroxyl groups excluding tert-OH is 1. The predicted octanol–water partition coefficient (Wildman–Crippen LogP) is 1.88. The molecule has 1 saturated heterocycles. The van der Waals surface area contributed by atoms with E-state index in [2.05, 4.69) is 32.6 Å². The van der Waals surface area contributed by atoms with Crippen LogP contribution in [0.5, 0.6) is 0 Å². The van der Waals surface area contributed by atoms with Crippen LogP contribution in [0.3, 0.4) is 0 Å². The Labute approximate surface area is 81.9 Å². The van der Waals surface area contributed by atoms with Crippen LogP contribution >= 0.6 is 0 Å². The van der Waals surface area contributed by atoms with Crippen molar-refractivity contribution in [3.05, 3.63) is 0 Å². The van der Waals surface area contributed by atoms with Gasteiger partial charge in [0.1, 0.15) is 0 Å². The van der Waals surface area contributed by atoms with Gasteiger partial charge in [0.2, 0.25) is 0 Å². The van der Waals surface area contributed by atoms with Gasteiger partial charge in [-0.15, -0.1) is 0 Å². The molecule has 2 heteroatoms. The van der Waals surface area contributed by atoms with E-state index in [0.717, 1.165) is 0 Å². The zero-order chi connectivity index (χ0) is 10.1. The Bertz CT molecular complexity index is 165. The largest absolute Gasteiger partial charge is 0.396 e. The van der Waals surface area contributed by atoms with Crippen molar-refractivity contribution in [1.29, 1.82) is 0 Å². The average Bonchev–Trinajstić information content (AvgIpc) is 2.02. The van der Waals surface area contributed by atoms with Crippen molar-refractivity contribution in [2.75, 3.05) is 13.2 Å². The van der Waals surface area contributed by atoms with E-state index in [1.807, 2.05) is 0 Å². The molecule has 0 saturated carbocycles. The summed E-state index contributed by atoms with van der Waals surface area (Å²) in [5.74, 6) is 0.448. The number of nitrogens with zero attached hydrogens (tertiary/aromatic N) is 1. The van der Waals surface area contributed by atoms with Crippen LogP contribution in [0.25, 0.3) is 0 Å². The summed E-state index contributed by atoms with van der Waals surface area (Å²) in [6, 6.07) is 0.587. The molecular weight excluding hydrogens is 162 g/mol. The SMILES string of the molecule is CC(C)N1CCCC(CO)C1(C)C. The lowest BCUT2D eigenvalue weighted by Gasteiger charge is -2.49. The molecule has 1 aliphatic heterocycles. The third-order valence-electron chi connectivity index (χ3n) is 3.53. The Hall–Kier alpha value is -0.0800. The zero-order valence-corrected chi connectivity index (χ0v) is 9.38. The number of likely N-dealkylation sites (tertiary alicyclic amines) is 1. The molecule has 1 unspecified atom stereocenters. The number of hydrogen-bond acceptors (Lipinski definition) is 2. The standard InChI is InChI=1S/C11H23NO/c1-9(2)12-7-5-6-10(8-13)11(12,3)4/h9-10,13H,5-8H2,1-4H3. The van der Waals surface area contributed by atoms with E-state index >= 15 is 0 Å². The molecular formula is C11H23NO. The van der Waals surface area contributed by atoms with Gasteiger partial charge in [0, 0.05) is 18.2 Å². The van der Waals surface area contributed by atoms with Gasteiger partial charge in [-0.3, -0.25) is 4.90 Å². The summed E-state index contributed by atoms with van der Waals surface area (Å²) in [6.07, 6.45) is 2.40. The highest BCUT2D eigenvalue weighted by molar-refractivity contribution is 4.93. The molecule has 2 nitrogen and oxygen atoms in total. The fourth-order valence-electron chi connectivity index (χ4n) is 2.62. The average molecular weight is 185 g/mol. The van der Waals surface area contributed by atoms with E-state index in [1.54, 1.807) is 0 Å². The lowest BCUT2D eigenvalue weighted by atomic mass is 9.79. The Balaban J connectivity index is 2.74. The lowest BCUT2D eigenvalue weighted by molar-refractivity contribution is -0.0235. The molecule has 13 heavy (non-hydrogen) atoms. The summed E-state index contributed by atoms with van der Waals surface area (Å²) in [7, 11) is 0. The van der Waals surface area contributed by atoms with Crippen molar-refractivity contribution in [3.8, 4) is 0 Å². The highest BCUT2D eigenvalue weighted by atomic mass is 16.3. The summed E-state index contributed by atoms with van der Waals surface area (Å²) in [4.78, 5) is 2.51. The second kappa shape index (κ2) is 3.97. The normalized spacial score (nSPS) is 29.5. The quantitative estimate of drug-likeness (QED) is 0.710. The maximum atomic E-state index is 9.30. The molecule has 0 aromatic heterocycles. The molecule has 1 heterocycles. The number of rotatable bonds is 2. The molecule has 1 fully saturated rings. The molecule has 0 radical (unpaired) electrons. The minimum absolute atomic E-state index is 0.168. The Kier molecular flexibility index (Phi) is 3.36. The predicted molar refractivity (Wildman–Crippen MR) is 55.7 cm³/mol. The van der Waals surface area contributed by atoms with E-state index in [1.165, 1.54) is 19.4 Å². The number of hydrogen-bond donors (Lipinski definition) is 1. The first-order valence-corrected chi connectivity index (χ1v) is 5.37. The van der Waals surface area contributed by atoms with Crippen LogP contribution in [0, 0.1) is 5.92 Å². The molecule has 1 N–H and O–H groups in total. The minimum atomic E-state index is 0.168. The topological polar surface area (TPSA) is 23.5 Å². The van der Waals surface area contributed by atoms with Crippen molar-refractivity contribution in [2.45, 2.75) is 52.1 Å². The maximum Gasteiger partial charge on any atom is 0.0476 e. The summed E-state index contributed by atoms with van der Waals surface area (Å²) in [5.41, 5.74) is 0.168. The van der Waals surface area contributed by atoms with Crippen LogP contribution in [-0.4, -0.2) is 34.7 Å². The van der Waals surface area contributed by atoms with E-state index < -0.39 is 0 Å². The summed E-state index contributed by atoms with van der Waals surface area (Å²) < 4.78 is 0. The molecule has 1 rings (SSSR count). The molecule has 0 bridgehead atoms. The van der Waals surface area contributed by atoms with Crippen molar-refractivity contribution in [2.24, 2.45) is 5.92 Å². The van der Waals surface area contributed by atoms with E-state index in [9.17, 15) is 5.11 Å². The zero-order valence-electron chi connectivity index (χ0n) is 9.38. The highest BCUT2D eigenvalue weighted by Crippen LogP contribution is 2.34. The Morgan fingerprint density at radius 2 is 2.08 bits per heavy atom. The third kappa shape index (κ3) is 2.05. The first-order valence-electron chi connectivity index (χ1n) is 5.37. The molecule has 1 aliphatic rings. The van der Waals surface area contributed by atoms with Crippen LogP contribution in [0.15, 0.2) is 0 Å². The van der Waals surface area contributed by atoms with Crippen LogP contribution in [0.4, 0.5) is 0 Å². The molecule has 1 atom stereocenters. The van der Waals surface area contributed by atoms with Crippen LogP contribution < -0.4 is 0 Å². The molecule has 0 spiro atoms. The van der Waals surface area contributed by atoms with Crippen molar-refractivity contribution in [3.63, 3.8) is 0 Å². The summed E-state index contributed by atoms with van der Waals surface area (Å²) in [6.45, 7) is 10.5. The number of piperidine rings is 1. The first kappa shape index (κ1) is 11.0. The van der Waals surface area contributed by atoms with Crippen molar-refractivity contribution >= 4 is 0 Å². The van der Waals surface area contributed by atoms with Crippen LogP contribution in [-0.2, 0) is 0 Å². The van der Waals surface area contributed by atoms with Gasteiger partial charge < -0.3 is 5.11 Å². The van der Waals surface area contributed by atoms with Gasteiger partial charge in [-0.25, -0.2) is 0 Å². The Morgan fingerprint density at radius 1 is 1.46 bits per heavy atom. The van der Waals surface area contributed by atoms with Gasteiger partial charge in [-0.1, -0.05) is 0 Å². The molecule has 0 aromatic carbocycles. The van der Waals surface area contributed by atoms with Gasteiger partial charge >= 0.3 is 0 Å². The van der Waals surface area contributed by atoms with E-state index in [-0.39, 0.29) is 5.54 Å². The van der Waals surface area contributed by atoms with Crippen LogP contribution in [0.1, 0.15) is 40.5 Å². The maximum absolute atomic E-state index is 9.30. The Morgan fingerprint density at radius 3 is 2.54 bits per heavy atom. The van der Waals surface area contributed by atoms with E-state index in [0.29, 0.717) is 18.6 Å². The number of aliphatic hydroxyl groups is 1. The van der Waals surface area contributed by atoms with Gasteiger partial charge in [-0.05, 0) is 53.0 Å². The van der Waals surface area contributed by atoms with Crippen molar-refractivity contribution < 1.29 is 5.11 Å². The summed E-state index contributed by atoms with van der Waals surface area (Å²) in [5, 5.41) is 9.30. The smallest absolute Gasteiger partial charge is 0.0476 e. The molecule has 0 amide bonds. The minimum Gasteiger partial charge on any atom is -0.396 e. The third-order valence-corrected chi connectivity index (χ3v) is 3.53. The van der Waals surface area contributed by atoms with E-state index in [4.69, 9.17) is 0 Å².